The molecule has 0 aliphatic heterocycles. The van der Waals surface area contributed by atoms with Crippen molar-refractivity contribution in [2.24, 2.45) is 14.1 Å². The van der Waals surface area contributed by atoms with Crippen LogP contribution in [0.5, 0.6) is 0 Å². The smallest absolute Gasteiger partial charge is 0.267 e. The molecule has 0 radical (unpaired) electrons. The number of rotatable bonds is 7. The minimum absolute atomic E-state index is 0.217. The van der Waals surface area contributed by atoms with Gasteiger partial charge in [0.25, 0.3) is 5.16 Å². The van der Waals surface area contributed by atoms with Gasteiger partial charge < -0.3 is 5.32 Å². The van der Waals surface area contributed by atoms with Crippen LogP contribution in [-0.2, 0) is 34.5 Å². The maximum Gasteiger partial charge on any atom is 0.267 e. The van der Waals surface area contributed by atoms with Crippen molar-refractivity contribution in [1.82, 2.24) is 30.0 Å². The predicted octanol–water partition coefficient (Wildman–Crippen LogP) is 2.38. The van der Waals surface area contributed by atoms with E-state index >= 15 is 0 Å². The van der Waals surface area contributed by atoms with Gasteiger partial charge in [-0.1, -0.05) is 17.2 Å². The normalized spacial score (nSPS) is 11.7. The molecule has 0 atom stereocenters. The van der Waals surface area contributed by atoms with E-state index in [9.17, 15) is 17.6 Å². The van der Waals surface area contributed by atoms with E-state index in [0.717, 1.165) is 15.9 Å². The Morgan fingerprint density at radius 2 is 1.76 bits per heavy atom. The van der Waals surface area contributed by atoms with E-state index in [1.165, 1.54) is 25.3 Å². The summed E-state index contributed by atoms with van der Waals surface area (Å²) in [5.41, 5.74) is 3.23. The van der Waals surface area contributed by atoms with Gasteiger partial charge in [-0.15, -0.1) is 0 Å². The average molecular weight is 482 g/mol. The number of hydrogen-bond donors (Lipinski definition) is 1. The van der Waals surface area contributed by atoms with E-state index in [1.807, 2.05) is 0 Å². The molecule has 0 aliphatic rings. The number of tetrazole rings is 1. The SMILES string of the molecule is Cn1nnnc1S(=O)(=O)Cc1ccc(NC(=O)C=Cc2cnn(C)c2-c2ccc(F)cc2)cc1. The van der Waals surface area contributed by atoms with Crippen LogP contribution in [0, 0.1) is 5.82 Å². The average Bonchev–Trinajstić information content (AvgIpc) is 3.40. The van der Waals surface area contributed by atoms with Crippen molar-refractivity contribution in [2.75, 3.05) is 5.32 Å². The van der Waals surface area contributed by atoms with Gasteiger partial charge in [0.15, 0.2) is 0 Å². The minimum atomic E-state index is -3.70. The van der Waals surface area contributed by atoms with Crippen molar-refractivity contribution < 1.29 is 17.6 Å². The van der Waals surface area contributed by atoms with Crippen LogP contribution in [-0.4, -0.2) is 44.3 Å². The highest BCUT2D eigenvalue weighted by Gasteiger charge is 2.22. The lowest BCUT2D eigenvalue weighted by molar-refractivity contribution is -0.111. The number of nitrogens with zero attached hydrogens (tertiary/aromatic N) is 6. The quantitative estimate of drug-likeness (QED) is 0.402. The monoisotopic (exact) mass is 481 g/mol. The summed E-state index contributed by atoms with van der Waals surface area (Å²) in [5, 5.41) is 17.2. The first-order valence-electron chi connectivity index (χ1n) is 10.0. The maximum atomic E-state index is 13.2. The Morgan fingerprint density at radius 1 is 1.06 bits per heavy atom. The number of halogens is 1. The van der Waals surface area contributed by atoms with Gasteiger partial charge in [0.2, 0.25) is 15.7 Å². The van der Waals surface area contributed by atoms with E-state index < -0.39 is 9.84 Å². The number of carbonyl (C=O) groups excluding carboxylic acids is 1. The van der Waals surface area contributed by atoms with E-state index in [4.69, 9.17) is 0 Å². The van der Waals surface area contributed by atoms with Gasteiger partial charge in [0, 0.05) is 37.0 Å². The number of aromatic nitrogens is 6. The number of anilines is 1. The third-order valence-electron chi connectivity index (χ3n) is 4.94. The van der Waals surface area contributed by atoms with Crippen LogP contribution in [0.15, 0.2) is 66.0 Å². The number of hydrogen-bond acceptors (Lipinski definition) is 7. The third kappa shape index (κ3) is 5.07. The first-order valence-corrected chi connectivity index (χ1v) is 11.7. The molecule has 4 aromatic rings. The molecular formula is C22H20FN7O3S. The van der Waals surface area contributed by atoms with Gasteiger partial charge in [-0.25, -0.2) is 17.5 Å². The largest absolute Gasteiger partial charge is 0.323 e. The van der Waals surface area contributed by atoms with E-state index in [2.05, 4.69) is 25.9 Å². The van der Waals surface area contributed by atoms with Crippen molar-refractivity contribution in [2.45, 2.75) is 10.9 Å². The first kappa shape index (κ1) is 23.0. The number of amides is 1. The second kappa shape index (κ2) is 9.35. The third-order valence-corrected chi connectivity index (χ3v) is 6.55. The molecule has 1 amide bonds. The molecule has 4 rings (SSSR count). The summed E-state index contributed by atoms with van der Waals surface area (Å²) < 4.78 is 40.9. The lowest BCUT2D eigenvalue weighted by atomic mass is 10.1. The molecule has 2 heterocycles. The van der Waals surface area contributed by atoms with Crippen LogP contribution in [0.4, 0.5) is 10.1 Å². The highest BCUT2D eigenvalue weighted by Crippen LogP contribution is 2.24. The van der Waals surface area contributed by atoms with Gasteiger partial charge in [-0.3, -0.25) is 9.48 Å². The Balaban J connectivity index is 1.42. The second-order valence-electron chi connectivity index (χ2n) is 7.44. The molecule has 2 aromatic carbocycles. The Bertz CT molecular complexity index is 1460. The predicted molar refractivity (Wildman–Crippen MR) is 122 cm³/mol. The molecule has 12 heteroatoms. The van der Waals surface area contributed by atoms with Crippen LogP contribution in [0.25, 0.3) is 17.3 Å². The van der Waals surface area contributed by atoms with Crippen molar-refractivity contribution >= 4 is 27.5 Å². The lowest BCUT2D eigenvalue weighted by Gasteiger charge is -2.06. The number of nitrogens with one attached hydrogen (secondary N) is 1. The maximum absolute atomic E-state index is 13.2. The van der Waals surface area contributed by atoms with Gasteiger partial charge >= 0.3 is 0 Å². The molecule has 0 unspecified atom stereocenters. The van der Waals surface area contributed by atoms with Crippen LogP contribution < -0.4 is 5.32 Å². The highest BCUT2D eigenvalue weighted by atomic mass is 32.2. The molecule has 0 fully saturated rings. The summed E-state index contributed by atoms with van der Waals surface area (Å²) >= 11 is 0. The van der Waals surface area contributed by atoms with Crippen molar-refractivity contribution in [3.05, 3.63) is 77.7 Å². The molecule has 174 valence electrons. The summed E-state index contributed by atoms with van der Waals surface area (Å²) in [6.45, 7) is 0. The molecular weight excluding hydrogens is 461 g/mol. The van der Waals surface area contributed by atoms with Gasteiger partial charge in [-0.2, -0.15) is 5.10 Å². The Morgan fingerprint density at radius 3 is 2.41 bits per heavy atom. The molecule has 10 nitrogen and oxygen atoms in total. The van der Waals surface area contributed by atoms with Crippen LogP contribution in [0.1, 0.15) is 11.1 Å². The summed E-state index contributed by atoms with van der Waals surface area (Å²) in [5.74, 6) is -0.987. The van der Waals surface area contributed by atoms with Gasteiger partial charge in [0.05, 0.1) is 17.6 Å². The van der Waals surface area contributed by atoms with Crippen molar-refractivity contribution in [3.8, 4) is 11.3 Å². The fraction of sp³-hybridized carbons (Fsp3) is 0.136. The van der Waals surface area contributed by atoms with E-state index in [-0.39, 0.29) is 22.6 Å². The molecule has 0 saturated heterocycles. The van der Waals surface area contributed by atoms with Gasteiger partial charge in [-0.05, 0) is 58.5 Å². The molecule has 0 saturated carbocycles. The summed E-state index contributed by atoms with van der Waals surface area (Å²) in [6, 6.07) is 12.4. The molecule has 2 aromatic heterocycles. The van der Waals surface area contributed by atoms with Crippen LogP contribution >= 0.6 is 0 Å². The molecule has 0 bridgehead atoms. The van der Waals surface area contributed by atoms with E-state index in [0.29, 0.717) is 16.8 Å². The van der Waals surface area contributed by atoms with Crippen LogP contribution in [0.2, 0.25) is 0 Å². The highest BCUT2D eigenvalue weighted by molar-refractivity contribution is 7.90. The fourth-order valence-electron chi connectivity index (χ4n) is 3.34. The second-order valence-corrected chi connectivity index (χ2v) is 9.33. The number of aryl methyl sites for hydroxylation is 2. The topological polar surface area (TPSA) is 125 Å². The van der Waals surface area contributed by atoms with Crippen molar-refractivity contribution in [1.29, 1.82) is 0 Å². The zero-order chi connectivity index (χ0) is 24.3. The molecule has 34 heavy (non-hydrogen) atoms. The van der Waals surface area contributed by atoms with Crippen LogP contribution in [0.3, 0.4) is 0 Å². The summed E-state index contributed by atoms with van der Waals surface area (Å²) in [6.07, 6.45) is 4.60. The standard InChI is InChI=1S/C22H20FN7O3S/c1-29-21(16-5-8-18(23)9-6-16)17(13-24-29)7-12-20(31)25-19-10-3-15(4-11-19)14-34(32,33)22-26-27-28-30(22)2/h3-13H,14H2,1-2H3,(H,25,31). The Labute approximate surface area is 194 Å². The zero-order valence-electron chi connectivity index (χ0n) is 18.3. The molecule has 0 aliphatic carbocycles. The minimum Gasteiger partial charge on any atom is -0.323 e. The summed E-state index contributed by atoms with van der Waals surface area (Å²) in [4.78, 5) is 12.4. The Hall–Kier alpha value is -4.19. The van der Waals surface area contributed by atoms with Crippen molar-refractivity contribution in [3.63, 3.8) is 0 Å². The number of carbonyl (C=O) groups is 1. The first-order chi connectivity index (χ1) is 16.2. The molecule has 1 N–H and O–H groups in total. The van der Waals surface area contributed by atoms with Gasteiger partial charge in [0.1, 0.15) is 5.82 Å². The zero-order valence-corrected chi connectivity index (χ0v) is 19.1. The number of benzene rings is 2. The molecule has 0 spiro atoms. The fourth-order valence-corrected chi connectivity index (χ4v) is 4.70. The number of sulfone groups is 1. The lowest BCUT2D eigenvalue weighted by Crippen LogP contribution is -2.12. The summed E-state index contributed by atoms with van der Waals surface area (Å²) in [7, 11) is -0.489. The van der Waals surface area contributed by atoms with E-state index in [1.54, 1.807) is 60.4 Å². The Kier molecular flexibility index (Phi) is 6.32.